The Hall–Kier alpha value is -1.83. The summed E-state index contributed by atoms with van der Waals surface area (Å²) in [5, 5.41) is 6.22. The summed E-state index contributed by atoms with van der Waals surface area (Å²) in [7, 11) is 4.18. The van der Waals surface area contributed by atoms with E-state index in [0.717, 1.165) is 15.6 Å². The van der Waals surface area contributed by atoms with Crippen LogP contribution in [0.3, 0.4) is 0 Å². The van der Waals surface area contributed by atoms with Crippen LogP contribution in [0.25, 0.3) is 0 Å². The van der Waals surface area contributed by atoms with E-state index in [1.165, 1.54) is 15.6 Å². The van der Waals surface area contributed by atoms with E-state index in [1.54, 1.807) is 64.0 Å². The first kappa shape index (κ1) is 32.7. The summed E-state index contributed by atoms with van der Waals surface area (Å²) >= 11 is 0. The van der Waals surface area contributed by atoms with Crippen molar-refractivity contribution in [1.29, 1.82) is 0 Å². The molecule has 9 nitrogen and oxygen atoms in total. The summed E-state index contributed by atoms with van der Waals surface area (Å²) in [5.41, 5.74) is 0. The first-order valence-electron chi connectivity index (χ1n) is 12.5. The van der Waals surface area contributed by atoms with Crippen molar-refractivity contribution in [3.8, 4) is 0 Å². The predicted molar refractivity (Wildman–Crippen MR) is 163 cm³/mol. The quantitative estimate of drug-likeness (QED) is 0.165. The summed E-state index contributed by atoms with van der Waals surface area (Å²) in [6.07, 6.45) is 0. The van der Waals surface area contributed by atoms with E-state index in [1.807, 2.05) is 36.4 Å². The van der Waals surface area contributed by atoms with E-state index >= 15 is 0 Å². The second-order valence-corrected chi connectivity index (χ2v) is 19.8. The standard InChI is InChI=1S/C27H39O9Si4/c1-28-38(29-2,30-3)25-16-10-22(11-17-25)37(23-12-18-26(19-13-23)39(31-4,32-5)33-6)24-14-20-27(21-15-24)40(34-7,35-8)36-9/h10-21H,1-9H3. The van der Waals surface area contributed by atoms with Crippen LogP contribution in [0.15, 0.2) is 72.8 Å². The van der Waals surface area contributed by atoms with Crippen molar-refractivity contribution in [2.75, 3.05) is 64.0 Å². The van der Waals surface area contributed by atoms with Gasteiger partial charge in [-0.1, -0.05) is 88.4 Å². The van der Waals surface area contributed by atoms with Gasteiger partial charge in [0.15, 0.2) is 8.80 Å². The smallest absolute Gasteiger partial charge is 0.373 e. The van der Waals surface area contributed by atoms with Gasteiger partial charge in [-0.05, 0) is 0 Å². The zero-order valence-electron chi connectivity index (χ0n) is 24.6. The maximum absolute atomic E-state index is 5.69. The molecule has 0 unspecified atom stereocenters. The largest absolute Gasteiger partial charge is 0.536 e. The minimum atomic E-state index is -2.96. The highest BCUT2D eigenvalue weighted by molar-refractivity contribution is 6.95. The van der Waals surface area contributed by atoms with Crippen LogP contribution >= 0.6 is 0 Å². The SMILES string of the molecule is CO[Si](OC)(OC)c1ccc([Si](c2ccc([Si](OC)(OC)OC)cc2)c2ccc([Si](OC)(OC)OC)cc2)cc1. The molecule has 217 valence electrons. The molecule has 0 saturated carbocycles. The van der Waals surface area contributed by atoms with Gasteiger partial charge in [-0.3, -0.25) is 0 Å². The Labute approximate surface area is 242 Å². The van der Waals surface area contributed by atoms with Gasteiger partial charge < -0.3 is 39.8 Å². The van der Waals surface area contributed by atoms with Gasteiger partial charge in [-0.15, -0.1) is 0 Å². The maximum atomic E-state index is 5.69. The monoisotopic (exact) mass is 619 g/mol. The van der Waals surface area contributed by atoms with Crippen LogP contribution in [-0.4, -0.2) is 99.2 Å². The second-order valence-electron chi connectivity index (χ2n) is 8.61. The highest BCUT2D eigenvalue weighted by Crippen LogP contribution is 2.09. The Bertz CT molecular complexity index is 1010. The third kappa shape index (κ3) is 6.17. The van der Waals surface area contributed by atoms with Crippen molar-refractivity contribution in [3.05, 3.63) is 72.8 Å². The zero-order valence-corrected chi connectivity index (χ0v) is 28.6. The molecule has 13 heteroatoms. The Morgan fingerprint density at radius 2 is 0.500 bits per heavy atom. The van der Waals surface area contributed by atoms with Gasteiger partial charge in [0.05, 0.1) is 0 Å². The van der Waals surface area contributed by atoms with Gasteiger partial charge in [-0.25, -0.2) is 0 Å². The van der Waals surface area contributed by atoms with E-state index in [-0.39, 0.29) is 0 Å². The van der Waals surface area contributed by atoms with Gasteiger partial charge in [0.1, 0.15) is 0 Å². The molecule has 0 aliphatic carbocycles. The number of hydrogen-bond acceptors (Lipinski definition) is 9. The lowest BCUT2D eigenvalue weighted by Gasteiger charge is -2.26. The summed E-state index contributed by atoms with van der Waals surface area (Å²) in [5.74, 6) is 0. The molecule has 0 fully saturated rings. The first-order valence-corrected chi connectivity index (χ1v) is 19.1. The third-order valence-corrected chi connectivity index (χ3v) is 17.7. The number of rotatable bonds is 15. The summed E-state index contributed by atoms with van der Waals surface area (Å²) in [6, 6.07) is 24.9. The molecule has 0 atom stereocenters. The van der Waals surface area contributed by atoms with E-state index < -0.39 is 35.2 Å². The van der Waals surface area contributed by atoms with Crippen LogP contribution in [0.2, 0.25) is 0 Å². The molecule has 3 aromatic carbocycles. The van der Waals surface area contributed by atoms with E-state index in [9.17, 15) is 0 Å². The van der Waals surface area contributed by atoms with E-state index in [0.29, 0.717) is 0 Å². The Morgan fingerprint density at radius 3 is 0.650 bits per heavy atom. The lowest BCUT2D eigenvalue weighted by molar-refractivity contribution is 0.140. The third-order valence-electron chi connectivity index (χ3n) is 7.00. The minimum absolute atomic E-state index is 0.892. The fourth-order valence-electron chi connectivity index (χ4n) is 4.83. The van der Waals surface area contributed by atoms with Crippen molar-refractivity contribution >= 4 is 66.3 Å². The molecule has 0 spiro atoms. The topological polar surface area (TPSA) is 83.1 Å². The molecule has 1 radical (unpaired) electrons. The first-order chi connectivity index (χ1) is 19.3. The molecule has 0 heterocycles. The Balaban J connectivity index is 2.12. The van der Waals surface area contributed by atoms with E-state index in [2.05, 4.69) is 36.4 Å². The van der Waals surface area contributed by atoms with Gasteiger partial charge in [0.25, 0.3) is 0 Å². The molecular formula is C27H39O9Si4. The predicted octanol–water partition coefficient (Wildman–Crippen LogP) is -0.542. The van der Waals surface area contributed by atoms with Gasteiger partial charge in [0.2, 0.25) is 0 Å². The normalized spacial score (nSPS) is 12.8. The summed E-state index contributed by atoms with van der Waals surface area (Å²) < 4.78 is 51.2. The van der Waals surface area contributed by atoms with Crippen molar-refractivity contribution in [3.63, 3.8) is 0 Å². The van der Waals surface area contributed by atoms with Crippen LogP contribution < -0.4 is 31.1 Å². The molecule has 0 saturated heterocycles. The Kier molecular flexibility index (Phi) is 11.7. The second kappa shape index (κ2) is 14.4. The average molecular weight is 620 g/mol. The van der Waals surface area contributed by atoms with Crippen molar-refractivity contribution < 1.29 is 39.8 Å². The molecule has 0 amide bonds. The zero-order chi connectivity index (χ0) is 29.4. The lowest BCUT2D eigenvalue weighted by atomic mass is 10.3. The molecule has 0 aliphatic heterocycles. The summed E-state index contributed by atoms with van der Waals surface area (Å²) in [4.78, 5) is 0. The van der Waals surface area contributed by atoms with Gasteiger partial charge in [0, 0.05) is 79.5 Å². The average Bonchev–Trinajstić information content (AvgIpc) is 3.03. The van der Waals surface area contributed by atoms with Crippen LogP contribution in [0, 0.1) is 0 Å². The van der Waals surface area contributed by atoms with Gasteiger partial charge in [-0.2, -0.15) is 0 Å². The van der Waals surface area contributed by atoms with Crippen LogP contribution in [0.4, 0.5) is 0 Å². The molecule has 0 aromatic heterocycles. The minimum Gasteiger partial charge on any atom is -0.373 e. The molecule has 3 aromatic rings. The number of hydrogen-bond donors (Lipinski definition) is 0. The molecule has 40 heavy (non-hydrogen) atoms. The summed E-state index contributed by atoms with van der Waals surface area (Å²) in [6.45, 7) is 0. The van der Waals surface area contributed by atoms with E-state index in [4.69, 9.17) is 39.8 Å². The van der Waals surface area contributed by atoms with Crippen molar-refractivity contribution in [2.45, 2.75) is 0 Å². The van der Waals surface area contributed by atoms with Crippen molar-refractivity contribution in [1.82, 2.24) is 0 Å². The van der Waals surface area contributed by atoms with Gasteiger partial charge >= 0.3 is 26.4 Å². The molecule has 0 N–H and O–H groups in total. The molecular weight excluding hydrogens is 581 g/mol. The van der Waals surface area contributed by atoms with Crippen LogP contribution in [0.1, 0.15) is 0 Å². The highest BCUT2D eigenvalue weighted by atomic mass is 28.4. The van der Waals surface area contributed by atoms with Crippen LogP contribution in [0.5, 0.6) is 0 Å². The Morgan fingerprint density at radius 1 is 0.325 bits per heavy atom. The fourth-order valence-corrected chi connectivity index (χ4v) is 12.7. The fraction of sp³-hybridized carbons (Fsp3) is 0.333. The molecule has 3 rings (SSSR count). The number of benzene rings is 3. The lowest BCUT2D eigenvalue weighted by Crippen LogP contribution is -2.58. The van der Waals surface area contributed by atoms with Crippen LogP contribution in [-0.2, 0) is 39.8 Å². The van der Waals surface area contributed by atoms with Crippen molar-refractivity contribution in [2.24, 2.45) is 0 Å². The molecule has 0 bridgehead atoms. The maximum Gasteiger partial charge on any atom is 0.536 e. The molecule has 0 aliphatic rings. The highest BCUT2D eigenvalue weighted by Gasteiger charge is 2.43.